The number of rotatable bonds is 9. The smallest absolute Gasteiger partial charge is 0.312 e. The van der Waals surface area contributed by atoms with E-state index in [1.54, 1.807) is 6.07 Å². The lowest BCUT2D eigenvalue weighted by molar-refractivity contribution is -0.130. The van der Waals surface area contributed by atoms with Crippen LogP contribution < -0.4 is 26.6 Å². The lowest BCUT2D eigenvalue weighted by Crippen LogP contribution is -2.54. The summed E-state index contributed by atoms with van der Waals surface area (Å²) in [6, 6.07) is 15.4. The normalized spacial score (nSPS) is 11.2. The molecule has 0 aliphatic rings. The second-order valence-electron chi connectivity index (χ2n) is 6.03. The second-order valence-corrected chi connectivity index (χ2v) is 7.02. The highest BCUT2D eigenvalue weighted by Crippen LogP contribution is 2.29. The van der Waals surface area contributed by atoms with E-state index >= 15 is 0 Å². The fraction of sp³-hybridized carbons (Fsp3) is 0.250. The molecule has 1 unspecified atom stereocenters. The molecule has 0 spiro atoms. The van der Waals surface area contributed by atoms with Gasteiger partial charge in [-0.3, -0.25) is 20.4 Å². The van der Waals surface area contributed by atoms with Crippen molar-refractivity contribution >= 4 is 29.6 Å². The first-order valence-electron chi connectivity index (χ1n) is 8.92. The summed E-state index contributed by atoms with van der Waals surface area (Å²) in [4.78, 5) is 35.3. The van der Waals surface area contributed by atoms with E-state index in [0.717, 1.165) is 11.1 Å². The molecule has 0 bridgehead atoms. The monoisotopic (exact) mass is 416 g/mol. The average molecular weight is 417 g/mol. The van der Waals surface area contributed by atoms with Gasteiger partial charge in [0, 0.05) is 5.56 Å². The quantitative estimate of drug-likeness (QED) is 0.463. The fourth-order valence-corrected chi connectivity index (χ4v) is 2.99. The number of urea groups is 1. The number of primary amides is 1. The molecule has 29 heavy (non-hydrogen) atoms. The minimum atomic E-state index is -0.833. The van der Waals surface area contributed by atoms with Crippen molar-refractivity contribution in [2.75, 3.05) is 18.6 Å². The third kappa shape index (κ3) is 7.38. The van der Waals surface area contributed by atoms with Crippen LogP contribution in [0.15, 0.2) is 54.6 Å². The first-order chi connectivity index (χ1) is 14.0. The highest BCUT2D eigenvalue weighted by molar-refractivity contribution is 7.98. The van der Waals surface area contributed by atoms with Gasteiger partial charge in [-0.2, -0.15) is 11.8 Å². The molecule has 0 aromatic heterocycles. The van der Waals surface area contributed by atoms with Crippen LogP contribution in [0.4, 0.5) is 4.79 Å². The molecule has 2 aromatic rings. The summed E-state index contributed by atoms with van der Waals surface area (Å²) in [5.41, 5.74) is 11.5. The molecule has 0 aliphatic carbocycles. The van der Waals surface area contributed by atoms with Crippen LogP contribution in [0.25, 0.3) is 11.1 Å². The number of hydrogen-bond acceptors (Lipinski definition) is 5. The van der Waals surface area contributed by atoms with Crippen LogP contribution in [0.1, 0.15) is 6.42 Å². The van der Waals surface area contributed by atoms with E-state index in [-0.39, 0.29) is 6.61 Å². The van der Waals surface area contributed by atoms with Crippen molar-refractivity contribution in [1.29, 1.82) is 0 Å². The van der Waals surface area contributed by atoms with E-state index in [1.165, 1.54) is 11.8 Å². The van der Waals surface area contributed by atoms with Crippen molar-refractivity contribution in [2.45, 2.75) is 12.5 Å². The number of para-hydroxylation sites is 1. The Hall–Kier alpha value is -3.20. The highest BCUT2D eigenvalue weighted by atomic mass is 32.2. The molecule has 1 atom stereocenters. The van der Waals surface area contributed by atoms with Crippen molar-refractivity contribution in [1.82, 2.24) is 16.2 Å². The van der Waals surface area contributed by atoms with Crippen LogP contribution in [0.2, 0.25) is 0 Å². The van der Waals surface area contributed by atoms with Crippen molar-refractivity contribution in [3.63, 3.8) is 0 Å². The van der Waals surface area contributed by atoms with E-state index in [4.69, 9.17) is 10.5 Å². The van der Waals surface area contributed by atoms with E-state index in [2.05, 4.69) is 16.2 Å². The molecule has 8 nitrogen and oxygen atoms in total. The summed E-state index contributed by atoms with van der Waals surface area (Å²) in [5, 5.41) is 2.35. The van der Waals surface area contributed by atoms with Crippen molar-refractivity contribution in [2.24, 2.45) is 5.73 Å². The van der Waals surface area contributed by atoms with Crippen LogP contribution in [0.3, 0.4) is 0 Å². The van der Waals surface area contributed by atoms with Gasteiger partial charge in [0.1, 0.15) is 11.8 Å². The van der Waals surface area contributed by atoms with E-state index in [0.29, 0.717) is 17.9 Å². The van der Waals surface area contributed by atoms with E-state index in [1.807, 2.05) is 54.8 Å². The summed E-state index contributed by atoms with van der Waals surface area (Å²) in [5.74, 6) is 0.0966. The Morgan fingerprint density at radius 1 is 1.03 bits per heavy atom. The van der Waals surface area contributed by atoms with Gasteiger partial charge in [-0.1, -0.05) is 48.5 Å². The van der Waals surface area contributed by atoms with Crippen LogP contribution >= 0.6 is 11.8 Å². The number of hydrogen-bond donors (Lipinski definition) is 4. The average Bonchev–Trinajstić information content (AvgIpc) is 2.74. The van der Waals surface area contributed by atoms with Gasteiger partial charge >= 0.3 is 6.03 Å². The molecule has 0 heterocycles. The molecule has 2 aromatic carbocycles. The van der Waals surface area contributed by atoms with Crippen LogP contribution in [-0.2, 0) is 9.59 Å². The Balaban J connectivity index is 1.89. The summed E-state index contributed by atoms with van der Waals surface area (Å²) < 4.78 is 5.62. The molecule has 5 N–H and O–H groups in total. The molecular weight excluding hydrogens is 392 g/mol. The molecule has 0 fully saturated rings. The number of amides is 4. The summed E-state index contributed by atoms with van der Waals surface area (Å²) in [6.07, 6.45) is 2.26. The Labute approximate surface area is 173 Å². The molecule has 9 heteroatoms. The molecule has 0 aliphatic heterocycles. The van der Waals surface area contributed by atoms with Crippen LogP contribution in [-0.4, -0.2) is 42.5 Å². The van der Waals surface area contributed by atoms with Gasteiger partial charge in [0.25, 0.3) is 11.8 Å². The van der Waals surface area contributed by atoms with Gasteiger partial charge < -0.3 is 15.8 Å². The lowest BCUT2D eigenvalue weighted by atomic mass is 10.1. The molecule has 2 rings (SSSR count). The predicted octanol–water partition coefficient (Wildman–Crippen LogP) is 1.67. The zero-order chi connectivity index (χ0) is 21.1. The SMILES string of the molecule is CSCCC(NC(N)=O)C(=O)NNC(=O)COc1ccccc1-c1ccccc1. The Bertz CT molecular complexity index is 832. The fourth-order valence-electron chi connectivity index (χ4n) is 2.52. The molecular formula is C20H24N4O4S. The van der Waals surface area contributed by atoms with Gasteiger partial charge in [-0.05, 0) is 30.1 Å². The number of ether oxygens (including phenoxy) is 1. The first kappa shape index (κ1) is 22.1. The number of thioether (sulfide) groups is 1. The third-order valence-corrected chi connectivity index (χ3v) is 4.54. The number of nitrogens with two attached hydrogens (primary N) is 1. The Kier molecular flexibility index (Phi) is 8.84. The van der Waals surface area contributed by atoms with Crippen molar-refractivity contribution in [3.05, 3.63) is 54.6 Å². The molecule has 0 radical (unpaired) electrons. The minimum absolute atomic E-state index is 0.289. The van der Waals surface area contributed by atoms with Crippen molar-refractivity contribution < 1.29 is 19.1 Å². The first-order valence-corrected chi connectivity index (χ1v) is 10.3. The number of carbonyl (C=O) groups is 3. The maximum absolute atomic E-state index is 12.2. The van der Waals surface area contributed by atoms with E-state index < -0.39 is 23.9 Å². The highest BCUT2D eigenvalue weighted by Gasteiger charge is 2.20. The number of benzene rings is 2. The topological polar surface area (TPSA) is 123 Å². The van der Waals surface area contributed by atoms with Gasteiger partial charge in [0.05, 0.1) is 0 Å². The second kappa shape index (κ2) is 11.6. The maximum atomic E-state index is 12.2. The maximum Gasteiger partial charge on any atom is 0.312 e. The molecule has 0 saturated carbocycles. The van der Waals surface area contributed by atoms with Crippen LogP contribution in [0.5, 0.6) is 5.75 Å². The number of carbonyl (C=O) groups excluding carboxylic acids is 3. The van der Waals surface area contributed by atoms with E-state index in [9.17, 15) is 14.4 Å². The molecule has 0 saturated heterocycles. The molecule has 154 valence electrons. The predicted molar refractivity (Wildman–Crippen MR) is 113 cm³/mol. The summed E-state index contributed by atoms with van der Waals surface area (Å²) in [7, 11) is 0. The number of nitrogens with one attached hydrogen (secondary N) is 3. The summed E-state index contributed by atoms with van der Waals surface area (Å²) >= 11 is 1.52. The van der Waals surface area contributed by atoms with Crippen LogP contribution in [0, 0.1) is 0 Å². The Morgan fingerprint density at radius 2 is 1.72 bits per heavy atom. The molecule has 4 amide bonds. The zero-order valence-corrected chi connectivity index (χ0v) is 16.8. The van der Waals surface area contributed by atoms with Gasteiger partial charge in [-0.25, -0.2) is 4.79 Å². The van der Waals surface area contributed by atoms with Gasteiger partial charge in [-0.15, -0.1) is 0 Å². The Morgan fingerprint density at radius 3 is 2.41 bits per heavy atom. The van der Waals surface area contributed by atoms with Gasteiger partial charge in [0.2, 0.25) is 0 Å². The van der Waals surface area contributed by atoms with Crippen molar-refractivity contribution in [3.8, 4) is 16.9 Å². The third-order valence-electron chi connectivity index (χ3n) is 3.90. The van der Waals surface area contributed by atoms with Gasteiger partial charge in [0.15, 0.2) is 6.61 Å². The summed E-state index contributed by atoms with van der Waals surface area (Å²) in [6.45, 7) is -0.289. The zero-order valence-electron chi connectivity index (χ0n) is 16.0. The number of hydrazine groups is 1. The standard InChI is InChI=1S/C20H24N4O4S/c1-29-12-11-16(22-20(21)27)19(26)24-23-18(25)13-28-17-10-6-5-9-15(17)14-7-3-2-4-8-14/h2-10,16H,11-13H2,1H3,(H,23,25)(H,24,26)(H3,21,22,27). The lowest BCUT2D eigenvalue weighted by Gasteiger charge is -2.17. The largest absolute Gasteiger partial charge is 0.483 e. The minimum Gasteiger partial charge on any atom is -0.483 e.